The van der Waals surface area contributed by atoms with Crippen LogP contribution in [0.2, 0.25) is 0 Å². The first-order chi connectivity index (χ1) is 6.43. The van der Waals surface area contributed by atoms with Gasteiger partial charge < -0.3 is 11.5 Å². The summed E-state index contributed by atoms with van der Waals surface area (Å²) in [4.78, 5) is 14.2. The van der Waals surface area contributed by atoms with Gasteiger partial charge in [-0.25, -0.2) is 13.8 Å². The molecule has 1 aromatic rings. The molecular formula is C7H6ClF2N3O. The third-order valence-corrected chi connectivity index (χ3v) is 1.71. The van der Waals surface area contributed by atoms with Gasteiger partial charge in [-0.05, 0) is 17.7 Å². The van der Waals surface area contributed by atoms with E-state index in [9.17, 15) is 13.6 Å². The number of nitrogen functional groups attached to an aromatic ring is 2. The zero-order valence-corrected chi connectivity index (χ0v) is 7.55. The fraction of sp³-hybridized carbons (Fsp3) is 0.143. The lowest BCUT2D eigenvalue weighted by atomic mass is 10.2. The Bertz CT molecular complexity index is 383. The van der Waals surface area contributed by atoms with Crippen LogP contribution in [0.1, 0.15) is 22.5 Å². The van der Waals surface area contributed by atoms with Gasteiger partial charge in [-0.15, -0.1) is 0 Å². The van der Waals surface area contributed by atoms with E-state index in [-0.39, 0.29) is 5.82 Å². The second-order valence-corrected chi connectivity index (χ2v) is 2.82. The number of nitrogens with zero attached hydrogens (tertiary/aromatic N) is 1. The van der Waals surface area contributed by atoms with Crippen LogP contribution in [0.4, 0.5) is 20.3 Å². The highest BCUT2D eigenvalue weighted by Gasteiger charge is 2.19. The number of rotatable bonds is 2. The first kappa shape index (κ1) is 10.6. The minimum atomic E-state index is -2.82. The maximum absolute atomic E-state index is 12.3. The third kappa shape index (κ3) is 1.90. The van der Waals surface area contributed by atoms with Crippen molar-refractivity contribution in [3.05, 3.63) is 17.3 Å². The fourth-order valence-electron chi connectivity index (χ4n) is 0.926. The number of nitrogens with two attached hydrogens (primary N) is 2. The Labute approximate surface area is 82.9 Å². The Morgan fingerprint density at radius 2 is 2.07 bits per heavy atom. The van der Waals surface area contributed by atoms with Crippen LogP contribution in [0.3, 0.4) is 0 Å². The van der Waals surface area contributed by atoms with Crippen molar-refractivity contribution in [3.63, 3.8) is 0 Å². The second-order valence-electron chi connectivity index (χ2n) is 2.47. The van der Waals surface area contributed by atoms with Gasteiger partial charge in [-0.2, -0.15) is 0 Å². The summed E-state index contributed by atoms with van der Waals surface area (Å²) in [5.41, 5.74) is 9.02. The van der Waals surface area contributed by atoms with Crippen molar-refractivity contribution in [2.75, 3.05) is 11.5 Å². The second kappa shape index (κ2) is 3.75. The molecule has 0 saturated heterocycles. The van der Waals surface area contributed by atoms with Crippen molar-refractivity contribution in [1.82, 2.24) is 4.98 Å². The molecule has 0 aliphatic carbocycles. The van der Waals surface area contributed by atoms with Crippen molar-refractivity contribution in [2.45, 2.75) is 6.43 Å². The average Bonchev–Trinajstić information content (AvgIpc) is 2.07. The first-order valence-corrected chi connectivity index (χ1v) is 3.85. The smallest absolute Gasteiger partial charge is 0.273 e. The Morgan fingerprint density at radius 3 is 2.50 bits per heavy atom. The van der Waals surface area contributed by atoms with Crippen LogP contribution in [-0.4, -0.2) is 10.2 Å². The molecule has 0 bridgehead atoms. The molecule has 0 spiro atoms. The third-order valence-electron chi connectivity index (χ3n) is 1.53. The molecule has 0 unspecified atom stereocenters. The molecule has 4 N–H and O–H groups in total. The molecule has 0 aromatic carbocycles. The molecule has 0 saturated carbocycles. The maximum atomic E-state index is 12.3. The van der Waals surface area contributed by atoms with E-state index >= 15 is 0 Å². The van der Waals surface area contributed by atoms with E-state index < -0.39 is 28.6 Å². The van der Waals surface area contributed by atoms with Gasteiger partial charge in [0.15, 0.2) is 0 Å². The zero-order chi connectivity index (χ0) is 10.9. The van der Waals surface area contributed by atoms with E-state index in [1.54, 1.807) is 0 Å². The number of hydrogen-bond donors (Lipinski definition) is 2. The summed E-state index contributed by atoms with van der Waals surface area (Å²) in [5.74, 6) is -0.224. The number of hydrogen-bond acceptors (Lipinski definition) is 4. The normalized spacial score (nSPS) is 10.6. The number of aromatic nitrogens is 1. The van der Waals surface area contributed by atoms with Gasteiger partial charge in [-0.1, -0.05) is 0 Å². The van der Waals surface area contributed by atoms with Gasteiger partial charge >= 0.3 is 0 Å². The summed E-state index contributed by atoms with van der Waals surface area (Å²) < 4.78 is 24.7. The quantitative estimate of drug-likeness (QED) is 0.743. The molecule has 1 rings (SSSR count). The predicted molar refractivity (Wildman–Crippen MR) is 48.2 cm³/mol. The van der Waals surface area contributed by atoms with E-state index in [4.69, 9.17) is 23.1 Å². The molecular weight excluding hydrogens is 216 g/mol. The summed E-state index contributed by atoms with van der Waals surface area (Å²) in [7, 11) is 0. The Balaban J connectivity index is 3.40. The van der Waals surface area contributed by atoms with E-state index in [2.05, 4.69) is 4.98 Å². The Morgan fingerprint density at radius 1 is 1.50 bits per heavy atom. The van der Waals surface area contributed by atoms with Crippen LogP contribution < -0.4 is 11.5 Å². The highest BCUT2D eigenvalue weighted by Crippen LogP contribution is 2.28. The molecule has 0 aliphatic rings. The van der Waals surface area contributed by atoms with Crippen LogP contribution in [0.15, 0.2) is 6.07 Å². The molecule has 0 fully saturated rings. The van der Waals surface area contributed by atoms with Crippen LogP contribution in [0, 0.1) is 0 Å². The standard InChI is InChI=1S/C7H6ClF2N3O/c8-6(14)5-4(12)2(7(9)10)1-3(11)13-5/h1,7H,12H2,(H2,11,13). The lowest BCUT2D eigenvalue weighted by molar-refractivity contribution is 0.107. The van der Waals surface area contributed by atoms with Crippen molar-refractivity contribution in [3.8, 4) is 0 Å². The Kier molecular flexibility index (Phi) is 2.85. The van der Waals surface area contributed by atoms with Gasteiger partial charge in [0.2, 0.25) is 0 Å². The van der Waals surface area contributed by atoms with Gasteiger partial charge in [0.1, 0.15) is 11.5 Å². The van der Waals surface area contributed by atoms with Gasteiger partial charge in [0, 0.05) is 5.56 Å². The number of halogens is 3. The molecule has 7 heteroatoms. The van der Waals surface area contributed by atoms with Crippen LogP contribution in [-0.2, 0) is 0 Å². The Hall–Kier alpha value is -1.43. The summed E-state index contributed by atoms with van der Waals surface area (Å²) in [5, 5.41) is -1.02. The van der Waals surface area contributed by atoms with Gasteiger partial charge in [0.25, 0.3) is 11.7 Å². The minimum absolute atomic E-state index is 0.224. The lowest BCUT2D eigenvalue weighted by Gasteiger charge is -2.07. The molecule has 0 atom stereocenters. The number of carbonyl (C=O) groups is 1. The number of pyridine rings is 1. The molecule has 0 radical (unpaired) electrons. The number of alkyl halides is 2. The van der Waals surface area contributed by atoms with E-state index in [1.165, 1.54) is 0 Å². The maximum Gasteiger partial charge on any atom is 0.273 e. The average molecular weight is 222 g/mol. The predicted octanol–water partition coefficient (Wildman–Crippen LogP) is 1.56. The monoisotopic (exact) mass is 221 g/mol. The lowest BCUT2D eigenvalue weighted by Crippen LogP contribution is -2.08. The van der Waals surface area contributed by atoms with Crippen LogP contribution >= 0.6 is 11.6 Å². The first-order valence-electron chi connectivity index (χ1n) is 3.47. The molecule has 4 nitrogen and oxygen atoms in total. The van der Waals surface area contributed by atoms with Crippen molar-refractivity contribution >= 4 is 28.3 Å². The summed E-state index contributed by atoms with van der Waals surface area (Å²) in [6, 6.07) is 0.906. The summed E-state index contributed by atoms with van der Waals surface area (Å²) in [6.07, 6.45) is -2.82. The molecule has 0 aliphatic heterocycles. The van der Waals surface area contributed by atoms with Crippen LogP contribution in [0.5, 0.6) is 0 Å². The fourth-order valence-corrected chi connectivity index (χ4v) is 1.07. The number of anilines is 2. The number of carbonyl (C=O) groups excluding carboxylic acids is 1. The van der Waals surface area contributed by atoms with Gasteiger partial charge in [0.05, 0.1) is 5.69 Å². The summed E-state index contributed by atoms with van der Waals surface area (Å²) >= 11 is 5.08. The van der Waals surface area contributed by atoms with E-state index in [1.807, 2.05) is 0 Å². The van der Waals surface area contributed by atoms with E-state index in [0.29, 0.717) is 0 Å². The molecule has 76 valence electrons. The van der Waals surface area contributed by atoms with Crippen molar-refractivity contribution in [1.29, 1.82) is 0 Å². The van der Waals surface area contributed by atoms with Gasteiger partial charge in [-0.3, -0.25) is 4.79 Å². The molecule has 14 heavy (non-hydrogen) atoms. The SMILES string of the molecule is Nc1cc(C(F)F)c(N)c(C(=O)Cl)n1. The van der Waals surface area contributed by atoms with Crippen molar-refractivity contribution < 1.29 is 13.6 Å². The minimum Gasteiger partial charge on any atom is -0.396 e. The zero-order valence-electron chi connectivity index (χ0n) is 6.80. The highest BCUT2D eigenvalue weighted by atomic mass is 35.5. The summed E-state index contributed by atoms with van der Waals surface area (Å²) in [6.45, 7) is 0. The molecule has 1 heterocycles. The topological polar surface area (TPSA) is 82.0 Å². The van der Waals surface area contributed by atoms with Crippen molar-refractivity contribution in [2.24, 2.45) is 0 Å². The molecule has 1 aromatic heterocycles. The highest BCUT2D eigenvalue weighted by molar-refractivity contribution is 6.68. The van der Waals surface area contributed by atoms with E-state index in [0.717, 1.165) is 6.07 Å². The van der Waals surface area contributed by atoms with Crippen LogP contribution in [0.25, 0.3) is 0 Å². The largest absolute Gasteiger partial charge is 0.396 e. The molecule has 0 amide bonds.